The van der Waals surface area contributed by atoms with Gasteiger partial charge in [-0.25, -0.2) is 9.50 Å². The number of hydrogen-bond acceptors (Lipinski definition) is 6. The first kappa shape index (κ1) is 19.8. The summed E-state index contributed by atoms with van der Waals surface area (Å²) in [6.45, 7) is 4.68. The van der Waals surface area contributed by atoms with Crippen LogP contribution in [0.3, 0.4) is 0 Å². The monoisotopic (exact) mass is 395 g/mol. The van der Waals surface area contributed by atoms with Crippen molar-refractivity contribution in [2.24, 2.45) is 0 Å². The van der Waals surface area contributed by atoms with Crippen LogP contribution in [0.5, 0.6) is 0 Å². The van der Waals surface area contributed by atoms with E-state index in [4.69, 9.17) is 9.84 Å². The number of aliphatic hydroxyl groups excluding tert-OH is 1. The van der Waals surface area contributed by atoms with E-state index in [2.05, 4.69) is 27.4 Å². The lowest BCUT2D eigenvalue weighted by atomic mass is 9.85. The molecule has 0 bridgehead atoms. The lowest BCUT2D eigenvalue weighted by Crippen LogP contribution is -2.23. The van der Waals surface area contributed by atoms with Gasteiger partial charge < -0.3 is 15.2 Å². The maximum Gasteiger partial charge on any atom is 0.241 e. The summed E-state index contributed by atoms with van der Waals surface area (Å²) in [5.74, 6) is 0.959. The van der Waals surface area contributed by atoms with Crippen LogP contribution in [0.15, 0.2) is 30.7 Å². The summed E-state index contributed by atoms with van der Waals surface area (Å²) in [7, 11) is 1.69. The summed E-state index contributed by atoms with van der Waals surface area (Å²) in [6.07, 6.45) is 9.05. The Bertz CT molecular complexity index is 978. The summed E-state index contributed by atoms with van der Waals surface area (Å²) in [4.78, 5) is 8.92. The van der Waals surface area contributed by atoms with E-state index in [0.29, 0.717) is 18.5 Å². The molecule has 1 fully saturated rings. The van der Waals surface area contributed by atoms with Crippen molar-refractivity contribution in [2.45, 2.75) is 57.6 Å². The molecule has 3 aromatic heterocycles. The van der Waals surface area contributed by atoms with Crippen LogP contribution in [0.4, 0.5) is 5.95 Å². The molecule has 7 heteroatoms. The van der Waals surface area contributed by atoms with Crippen LogP contribution in [-0.2, 0) is 4.74 Å². The van der Waals surface area contributed by atoms with Crippen molar-refractivity contribution in [1.29, 1.82) is 0 Å². The highest BCUT2D eigenvalue weighted by Crippen LogP contribution is 2.37. The fourth-order valence-corrected chi connectivity index (χ4v) is 4.19. The Kier molecular flexibility index (Phi) is 5.78. The predicted octanol–water partition coefficient (Wildman–Crippen LogP) is 3.57. The molecule has 2 N–H and O–H groups in total. The topological polar surface area (TPSA) is 84.6 Å². The molecule has 0 aliphatic heterocycles. The quantitative estimate of drug-likeness (QED) is 0.664. The van der Waals surface area contributed by atoms with Crippen molar-refractivity contribution in [1.82, 2.24) is 19.6 Å². The fraction of sp³-hybridized carbons (Fsp3) is 0.500. The van der Waals surface area contributed by atoms with Crippen LogP contribution in [-0.4, -0.2) is 50.6 Å². The zero-order valence-electron chi connectivity index (χ0n) is 17.3. The van der Waals surface area contributed by atoms with Gasteiger partial charge in [0, 0.05) is 48.3 Å². The van der Waals surface area contributed by atoms with Gasteiger partial charge >= 0.3 is 0 Å². The highest BCUT2D eigenvalue weighted by atomic mass is 16.5. The van der Waals surface area contributed by atoms with E-state index in [0.717, 1.165) is 47.9 Å². The Balaban J connectivity index is 1.78. The highest BCUT2D eigenvalue weighted by molar-refractivity contribution is 5.81. The van der Waals surface area contributed by atoms with Crippen LogP contribution in [0.25, 0.3) is 16.6 Å². The number of aliphatic hydroxyl groups is 1. The molecule has 0 unspecified atom stereocenters. The number of aromatic nitrogens is 4. The molecule has 1 saturated carbocycles. The molecular weight excluding hydrogens is 366 g/mol. The Morgan fingerprint density at radius 3 is 2.72 bits per heavy atom. The molecular formula is C22H29N5O2. The molecule has 3 heterocycles. The number of anilines is 1. The van der Waals surface area contributed by atoms with Crippen LogP contribution >= 0.6 is 0 Å². The molecule has 0 radical (unpaired) electrons. The normalized spacial score (nSPS) is 20.7. The summed E-state index contributed by atoms with van der Waals surface area (Å²) in [5, 5.41) is 18.1. The molecule has 1 atom stereocenters. The lowest BCUT2D eigenvalue weighted by molar-refractivity contribution is 0.121. The number of fused-ring (bicyclic) bond motifs is 1. The zero-order chi connectivity index (χ0) is 20.4. The number of ether oxygens (including phenoxy) is 1. The predicted molar refractivity (Wildman–Crippen MR) is 113 cm³/mol. The number of hydrogen-bond donors (Lipinski definition) is 2. The Morgan fingerprint density at radius 2 is 2.00 bits per heavy atom. The van der Waals surface area contributed by atoms with Crippen molar-refractivity contribution in [3.05, 3.63) is 42.0 Å². The van der Waals surface area contributed by atoms with Gasteiger partial charge in [-0.05, 0) is 57.2 Å². The minimum absolute atomic E-state index is 0.113. The second-order valence-corrected chi connectivity index (χ2v) is 8.12. The average molecular weight is 396 g/mol. The van der Waals surface area contributed by atoms with E-state index in [1.54, 1.807) is 7.11 Å². The molecule has 1 aliphatic carbocycles. The fourth-order valence-electron chi connectivity index (χ4n) is 4.19. The first-order chi connectivity index (χ1) is 14.0. The van der Waals surface area contributed by atoms with E-state index in [-0.39, 0.29) is 12.1 Å². The summed E-state index contributed by atoms with van der Waals surface area (Å²) in [6, 6.07) is 4.48. The third kappa shape index (κ3) is 4.26. The number of aryl methyl sites for hydroxylation is 1. The van der Waals surface area contributed by atoms with E-state index in [1.807, 2.05) is 37.0 Å². The SMILES string of the molecule is COC[C@H](C)Nc1ncc2c(-c3cncc(C)c3)cc(C3CCC(O)CC3)n2n1. The van der Waals surface area contributed by atoms with E-state index in [1.165, 1.54) is 5.69 Å². The Hall–Kier alpha value is -2.51. The van der Waals surface area contributed by atoms with Crippen LogP contribution < -0.4 is 5.32 Å². The van der Waals surface area contributed by atoms with Gasteiger partial charge in [0.15, 0.2) is 0 Å². The van der Waals surface area contributed by atoms with E-state index in [9.17, 15) is 5.11 Å². The largest absolute Gasteiger partial charge is 0.393 e. The van der Waals surface area contributed by atoms with E-state index >= 15 is 0 Å². The second-order valence-electron chi connectivity index (χ2n) is 8.12. The van der Waals surface area contributed by atoms with Crippen molar-refractivity contribution < 1.29 is 9.84 Å². The zero-order valence-corrected chi connectivity index (χ0v) is 17.3. The van der Waals surface area contributed by atoms with Crippen molar-refractivity contribution in [2.75, 3.05) is 19.0 Å². The number of nitrogens with zero attached hydrogens (tertiary/aromatic N) is 4. The van der Waals surface area contributed by atoms with Gasteiger partial charge in [-0.3, -0.25) is 4.98 Å². The molecule has 29 heavy (non-hydrogen) atoms. The molecule has 0 spiro atoms. The van der Waals surface area contributed by atoms with Crippen LogP contribution in [0.1, 0.15) is 49.8 Å². The number of methoxy groups -OCH3 is 1. The maximum atomic E-state index is 9.93. The summed E-state index contributed by atoms with van der Waals surface area (Å²) in [5.41, 5.74) is 5.44. The smallest absolute Gasteiger partial charge is 0.241 e. The minimum Gasteiger partial charge on any atom is -0.393 e. The number of pyridine rings is 1. The van der Waals surface area contributed by atoms with Gasteiger partial charge in [0.1, 0.15) is 0 Å². The van der Waals surface area contributed by atoms with Gasteiger partial charge in [-0.2, -0.15) is 0 Å². The third-order valence-corrected chi connectivity index (χ3v) is 5.64. The average Bonchev–Trinajstić information content (AvgIpc) is 3.08. The van der Waals surface area contributed by atoms with Crippen LogP contribution in [0.2, 0.25) is 0 Å². The maximum absolute atomic E-state index is 9.93. The molecule has 0 aromatic carbocycles. The number of nitrogens with one attached hydrogen (secondary N) is 1. The minimum atomic E-state index is -0.181. The molecule has 7 nitrogen and oxygen atoms in total. The van der Waals surface area contributed by atoms with Gasteiger partial charge in [-0.1, -0.05) is 0 Å². The molecule has 0 amide bonds. The molecule has 4 rings (SSSR count). The first-order valence-electron chi connectivity index (χ1n) is 10.3. The molecule has 0 saturated heterocycles. The van der Waals surface area contributed by atoms with Crippen molar-refractivity contribution in [3.63, 3.8) is 0 Å². The standard InChI is InChI=1S/C22H29N5O2/c1-14-8-17(11-23-10-14)19-9-20(16-4-6-18(28)7-5-16)27-21(19)12-24-22(26-27)25-15(2)13-29-3/h8-12,15-16,18,28H,4-7,13H2,1-3H3,(H,25,26)/t15-,16?,18?/m0/s1. The lowest BCUT2D eigenvalue weighted by Gasteiger charge is -2.25. The van der Waals surface area contributed by atoms with E-state index < -0.39 is 0 Å². The third-order valence-electron chi connectivity index (χ3n) is 5.64. The van der Waals surface area contributed by atoms with Gasteiger partial charge in [-0.15, -0.1) is 5.10 Å². The number of rotatable bonds is 6. The van der Waals surface area contributed by atoms with Gasteiger partial charge in [0.2, 0.25) is 5.95 Å². The highest BCUT2D eigenvalue weighted by Gasteiger charge is 2.25. The van der Waals surface area contributed by atoms with Crippen molar-refractivity contribution >= 4 is 11.5 Å². The second kappa shape index (κ2) is 8.47. The molecule has 154 valence electrons. The Morgan fingerprint density at radius 1 is 1.21 bits per heavy atom. The van der Waals surface area contributed by atoms with Crippen LogP contribution in [0, 0.1) is 6.92 Å². The first-order valence-corrected chi connectivity index (χ1v) is 10.3. The molecule has 3 aromatic rings. The summed E-state index contributed by atoms with van der Waals surface area (Å²) < 4.78 is 7.23. The van der Waals surface area contributed by atoms with Gasteiger partial charge in [0.25, 0.3) is 0 Å². The summed E-state index contributed by atoms with van der Waals surface area (Å²) >= 11 is 0. The molecule has 1 aliphatic rings. The van der Waals surface area contributed by atoms with Gasteiger partial charge in [0.05, 0.1) is 24.4 Å². The Labute approximate surface area is 171 Å². The van der Waals surface area contributed by atoms with Crippen molar-refractivity contribution in [3.8, 4) is 11.1 Å².